The van der Waals surface area contributed by atoms with Gasteiger partial charge in [-0.3, -0.25) is 4.57 Å². The van der Waals surface area contributed by atoms with Gasteiger partial charge in [0.15, 0.2) is 0 Å². The molecule has 0 fully saturated rings. The molecule has 0 saturated carbocycles. The molecule has 0 aliphatic carbocycles. The van der Waals surface area contributed by atoms with Gasteiger partial charge in [-0.2, -0.15) is 0 Å². The van der Waals surface area contributed by atoms with Gasteiger partial charge in [-0.1, -0.05) is 6.07 Å². The van der Waals surface area contributed by atoms with E-state index in [-0.39, 0.29) is 12.2 Å². The summed E-state index contributed by atoms with van der Waals surface area (Å²) in [5.41, 5.74) is 2.05. The van der Waals surface area contributed by atoms with E-state index in [0.29, 0.717) is 5.75 Å². The van der Waals surface area contributed by atoms with E-state index in [9.17, 15) is 8.78 Å². The van der Waals surface area contributed by atoms with Crippen LogP contribution in [0.15, 0.2) is 42.7 Å². The summed E-state index contributed by atoms with van der Waals surface area (Å²) in [6.45, 7) is -0.144. The lowest BCUT2D eigenvalue weighted by atomic mass is 10.0. The van der Waals surface area contributed by atoms with Gasteiger partial charge < -0.3 is 4.74 Å². The Kier molecular flexibility index (Phi) is 3.29. The molecule has 0 atom stereocenters. The molecule has 23 heavy (non-hydrogen) atoms. The van der Waals surface area contributed by atoms with Crippen molar-refractivity contribution < 1.29 is 13.5 Å². The molecule has 0 saturated heterocycles. The van der Waals surface area contributed by atoms with Crippen molar-refractivity contribution in [3.63, 3.8) is 0 Å². The van der Waals surface area contributed by atoms with E-state index in [2.05, 4.69) is 10.2 Å². The Morgan fingerprint density at radius 2 is 1.91 bits per heavy atom. The van der Waals surface area contributed by atoms with Crippen LogP contribution in [0.3, 0.4) is 0 Å². The van der Waals surface area contributed by atoms with E-state index in [1.807, 2.05) is 16.7 Å². The Morgan fingerprint density at radius 3 is 2.74 bits per heavy atom. The first-order valence-corrected chi connectivity index (χ1v) is 7.30. The fraction of sp³-hybridized carbons (Fsp3) is 0.176. The van der Waals surface area contributed by atoms with Gasteiger partial charge in [-0.05, 0) is 42.3 Å². The van der Waals surface area contributed by atoms with Gasteiger partial charge >= 0.3 is 0 Å². The molecule has 0 unspecified atom stereocenters. The van der Waals surface area contributed by atoms with Crippen LogP contribution in [0.1, 0.15) is 17.0 Å². The molecule has 0 spiro atoms. The average Bonchev–Trinajstić information content (AvgIpc) is 3.03. The Morgan fingerprint density at radius 1 is 1.09 bits per heavy atom. The highest BCUT2D eigenvalue weighted by Gasteiger charge is 2.17. The van der Waals surface area contributed by atoms with Crippen LogP contribution in [0.2, 0.25) is 0 Å². The molecule has 0 amide bonds. The molecule has 4 rings (SSSR count). The lowest BCUT2D eigenvalue weighted by Gasteiger charge is -2.18. The van der Waals surface area contributed by atoms with Crippen LogP contribution in [0.4, 0.5) is 8.78 Å². The first kappa shape index (κ1) is 13.9. The molecule has 6 heteroatoms. The Hall–Kier alpha value is -2.76. The third kappa shape index (κ3) is 2.46. The van der Waals surface area contributed by atoms with E-state index >= 15 is 0 Å². The third-order valence-corrected chi connectivity index (χ3v) is 3.99. The van der Waals surface area contributed by atoms with Gasteiger partial charge in [0.05, 0.1) is 11.3 Å². The molecule has 0 N–H and O–H groups in total. The van der Waals surface area contributed by atoms with Crippen LogP contribution < -0.4 is 4.74 Å². The molecular weight excluding hydrogens is 300 g/mol. The number of nitrogens with zero attached hydrogens (tertiary/aromatic N) is 3. The topological polar surface area (TPSA) is 39.9 Å². The summed E-state index contributed by atoms with van der Waals surface area (Å²) < 4.78 is 34.8. The lowest BCUT2D eigenvalue weighted by Crippen LogP contribution is -2.12. The summed E-state index contributed by atoms with van der Waals surface area (Å²) in [5.74, 6) is 0.316. The number of rotatable bonds is 3. The van der Waals surface area contributed by atoms with Gasteiger partial charge in [-0.15, -0.1) is 10.2 Å². The zero-order chi connectivity index (χ0) is 15.8. The van der Waals surface area contributed by atoms with Crippen LogP contribution >= 0.6 is 0 Å². The number of ether oxygens (including phenoxy) is 1. The van der Waals surface area contributed by atoms with Gasteiger partial charge in [0.1, 0.15) is 36.1 Å². The molecule has 1 aliphatic heterocycles. The zero-order valence-electron chi connectivity index (χ0n) is 12.2. The monoisotopic (exact) mass is 313 g/mol. The predicted molar refractivity (Wildman–Crippen MR) is 79.5 cm³/mol. The normalized spacial score (nSPS) is 12.6. The maximum Gasteiger partial charge on any atom is 0.137 e. The number of aryl methyl sites for hydroxylation is 2. The third-order valence-electron chi connectivity index (χ3n) is 3.99. The first-order valence-electron chi connectivity index (χ1n) is 7.30. The van der Waals surface area contributed by atoms with Gasteiger partial charge in [0.2, 0.25) is 0 Å². The van der Waals surface area contributed by atoms with Crippen molar-refractivity contribution in [2.45, 2.75) is 19.4 Å². The number of hydrogen-bond donors (Lipinski definition) is 0. The Labute approximate surface area is 131 Å². The molecule has 4 nitrogen and oxygen atoms in total. The largest absolute Gasteiger partial charge is 0.489 e. The van der Waals surface area contributed by atoms with Crippen LogP contribution in [-0.2, 0) is 19.4 Å². The second kappa shape index (κ2) is 5.46. The number of halogens is 2. The van der Waals surface area contributed by atoms with Crippen molar-refractivity contribution >= 4 is 0 Å². The van der Waals surface area contributed by atoms with Crippen molar-refractivity contribution in [1.82, 2.24) is 14.8 Å². The quantitative estimate of drug-likeness (QED) is 0.745. The van der Waals surface area contributed by atoms with Crippen molar-refractivity contribution in [1.29, 1.82) is 0 Å². The van der Waals surface area contributed by atoms with E-state index in [1.165, 1.54) is 18.2 Å². The second-order valence-corrected chi connectivity index (χ2v) is 5.40. The smallest absolute Gasteiger partial charge is 0.137 e. The molecular formula is C17H13F2N3O. The Bertz CT molecular complexity index is 856. The molecule has 1 aliphatic rings. The van der Waals surface area contributed by atoms with Crippen molar-refractivity contribution in [3.05, 3.63) is 71.3 Å². The van der Waals surface area contributed by atoms with Gasteiger partial charge in [0, 0.05) is 6.42 Å². The molecule has 3 aromatic rings. The molecule has 116 valence electrons. The summed E-state index contributed by atoms with van der Waals surface area (Å²) in [5, 5.41) is 7.99. The minimum atomic E-state index is -0.600. The summed E-state index contributed by atoms with van der Waals surface area (Å²) in [7, 11) is 0. The van der Waals surface area contributed by atoms with E-state index in [1.54, 1.807) is 12.4 Å². The SMILES string of the molecule is Fc1cccc(F)c1COc1ccc2c(c1)CCc1nncn1-2. The van der Waals surface area contributed by atoms with Crippen molar-refractivity contribution in [2.24, 2.45) is 0 Å². The van der Waals surface area contributed by atoms with Crippen LogP contribution in [0.5, 0.6) is 5.75 Å². The van der Waals surface area contributed by atoms with Gasteiger partial charge in [0.25, 0.3) is 0 Å². The van der Waals surface area contributed by atoms with Crippen LogP contribution in [0.25, 0.3) is 5.69 Å². The maximum absolute atomic E-state index is 13.6. The summed E-state index contributed by atoms with van der Waals surface area (Å²) >= 11 is 0. The lowest BCUT2D eigenvalue weighted by molar-refractivity contribution is 0.292. The fourth-order valence-electron chi connectivity index (χ4n) is 2.79. The predicted octanol–water partition coefficient (Wildman–Crippen LogP) is 3.22. The zero-order valence-corrected chi connectivity index (χ0v) is 12.2. The minimum absolute atomic E-state index is 0.0636. The van der Waals surface area contributed by atoms with Crippen LogP contribution in [0, 0.1) is 11.6 Å². The van der Waals surface area contributed by atoms with E-state index in [4.69, 9.17) is 4.74 Å². The summed E-state index contributed by atoms with van der Waals surface area (Å²) in [6.07, 6.45) is 3.32. The highest BCUT2D eigenvalue weighted by Crippen LogP contribution is 2.27. The average molecular weight is 313 g/mol. The minimum Gasteiger partial charge on any atom is -0.489 e. The Balaban J connectivity index is 1.58. The molecule has 0 bridgehead atoms. The summed E-state index contributed by atoms with van der Waals surface area (Å²) in [6, 6.07) is 9.38. The maximum atomic E-state index is 13.6. The number of aromatic nitrogens is 3. The number of benzene rings is 2. The molecule has 1 aromatic heterocycles. The highest BCUT2D eigenvalue weighted by atomic mass is 19.1. The fourth-order valence-corrected chi connectivity index (χ4v) is 2.79. The van der Waals surface area contributed by atoms with E-state index in [0.717, 1.165) is 29.9 Å². The molecule has 0 radical (unpaired) electrons. The van der Waals surface area contributed by atoms with Crippen LogP contribution in [-0.4, -0.2) is 14.8 Å². The van der Waals surface area contributed by atoms with Gasteiger partial charge in [-0.25, -0.2) is 8.78 Å². The molecule has 2 aromatic carbocycles. The highest BCUT2D eigenvalue weighted by molar-refractivity contribution is 5.48. The number of hydrogen-bond acceptors (Lipinski definition) is 3. The second-order valence-electron chi connectivity index (χ2n) is 5.40. The first-order chi connectivity index (χ1) is 11.2. The van der Waals surface area contributed by atoms with E-state index < -0.39 is 11.6 Å². The van der Waals surface area contributed by atoms with Crippen molar-refractivity contribution in [2.75, 3.05) is 0 Å². The summed E-state index contributed by atoms with van der Waals surface area (Å²) in [4.78, 5) is 0. The van der Waals surface area contributed by atoms with Crippen molar-refractivity contribution in [3.8, 4) is 11.4 Å². The molecule has 2 heterocycles. The standard InChI is InChI=1S/C17H13F2N3O/c18-14-2-1-3-15(19)13(14)9-23-12-5-6-16-11(8-12)4-7-17-21-20-10-22(16)17/h1-3,5-6,8,10H,4,7,9H2. The number of fused-ring (bicyclic) bond motifs is 3.